The van der Waals surface area contributed by atoms with Crippen molar-refractivity contribution in [2.75, 3.05) is 7.11 Å². The van der Waals surface area contributed by atoms with Crippen LogP contribution in [-0.2, 0) is 12.8 Å². The number of halogens is 1. The summed E-state index contributed by atoms with van der Waals surface area (Å²) >= 11 is 0. The van der Waals surface area contributed by atoms with E-state index in [4.69, 9.17) is 10.5 Å². The Kier molecular flexibility index (Phi) is 5.13. The van der Waals surface area contributed by atoms with Gasteiger partial charge in [0, 0.05) is 6.04 Å². The number of hydrogen-bond donors (Lipinski definition) is 1. The van der Waals surface area contributed by atoms with Crippen LogP contribution in [0.15, 0.2) is 48.5 Å². The van der Waals surface area contributed by atoms with Crippen LogP contribution in [0, 0.1) is 5.82 Å². The molecule has 0 heterocycles. The van der Waals surface area contributed by atoms with E-state index in [0.717, 1.165) is 24.2 Å². The molecule has 0 aromatic heterocycles. The average Bonchev–Trinajstić information content (AvgIpc) is 2.46. The molecule has 2 rings (SSSR count). The average molecular weight is 273 g/mol. The first-order valence-corrected chi connectivity index (χ1v) is 6.80. The molecule has 3 heteroatoms. The highest BCUT2D eigenvalue weighted by molar-refractivity contribution is 5.27. The Morgan fingerprint density at radius 3 is 2.50 bits per heavy atom. The van der Waals surface area contributed by atoms with Crippen LogP contribution in [-0.4, -0.2) is 13.2 Å². The molecule has 0 aliphatic rings. The number of hydrogen-bond acceptors (Lipinski definition) is 2. The van der Waals surface area contributed by atoms with E-state index in [-0.39, 0.29) is 11.9 Å². The molecule has 0 aliphatic heterocycles. The fraction of sp³-hybridized carbons (Fsp3) is 0.294. The summed E-state index contributed by atoms with van der Waals surface area (Å²) in [5, 5.41) is 0. The molecule has 2 aromatic rings. The summed E-state index contributed by atoms with van der Waals surface area (Å²) in [6.45, 7) is 0. The van der Waals surface area contributed by atoms with E-state index < -0.39 is 0 Å². The molecule has 2 N–H and O–H groups in total. The van der Waals surface area contributed by atoms with E-state index in [0.29, 0.717) is 6.42 Å². The summed E-state index contributed by atoms with van der Waals surface area (Å²) in [5.74, 6) is 0.655. The quantitative estimate of drug-likeness (QED) is 0.876. The second kappa shape index (κ2) is 7.06. The Hall–Kier alpha value is -1.87. The topological polar surface area (TPSA) is 35.2 Å². The number of benzene rings is 2. The monoisotopic (exact) mass is 273 g/mol. The summed E-state index contributed by atoms with van der Waals surface area (Å²) in [5.41, 5.74) is 8.30. The van der Waals surface area contributed by atoms with Gasteiger partial charge < -0.3 is 10.5 Å². The van der Waals surface area contributed by atoms with Gasteiger partial charge in [-0.25, -0.2) is 4.39 Å². The fourth-order valence-corrected chi connectivity index (χ4v) is 2.21. The van der Waals surface area contributed by atoms with Crippen molar-refractivity contribution in [2.45, 2.75) is 25.3 Å². The van der Waals surface area contributed by atoms with Gasteiger partial charge in [-0.15, -0.1) is 0 Å². The van der Waals surface area contributed by atoms with E-state index in [1.54, 1.807) is 19.2 Å². The van der Waals surface area contributed by atoms with Crippen LogP contribution >= 0.6 is 0 Å². The molecular formula is C17H20FNO. The van der Waals surface area contributed by atoms with Crippen molar-refractivity contribution >= 4 is 0 Å². The molecule has 0 saturated carbocycles. The maximum Gasteiger partial charge on any atom is 0.123 e. The molecular weight excluding hydrogens is 253 g/mol. The first-order chi connectivity index (χ1) is 9.67. The van der Waals surface area contributed by atoms with Gasteiger partial charge in [0.1, 0.15) is 11.6 Å². The van der Waals surface area contributed by atoms with Gasteiger partial charge in [-0.2, -0.15) is 0 Å². The SMILES string of the molecule is COc1ccc(CCC(N)Cc2cccc(F)c2)cc1. The molecule has 0 aliphatic carbocycles. The number of rotatable bonds is 6. The minimum absolute atomic E-state index is 0.0406. The highest BCUT2D eigenvalue weighted by atomic mass is 19.1. The third kappa shape index (κ3) is 4.35. The van der Waals surface area contributed by atoms with Crippen LogP contribution in [0.3, 0.4) is 0 Å². The smallest absolute Gasteiger partial charge is 0.123 e. The minimum atomic E-state index is -0.204. The second-order valence-electron chi connectivity index (χ2n) is 4.98. The molecule has 0 fully saturated rings. The van der Waals surface area contributed by atoms with Crippen LogP contribution < -0.4 is 10.5 Å². The third-order valence-electron chi connectivity index (χ3n) is 3.35. The van der Waals surface area contributed by atoms with Crippen LogP contribution in [0.5, 0.6) is 5.75 Å². The lowest BCUT2D eigenvalue weighted by Gasteiger charge is -2.12. The molecule has 106 valence electrons. The van der Waals surface area contributed by atoms with E-state index in [1.807, 2.05) is 30.3 Å². The summed E-state index contributed by atoms with van der Waals surface area (Å²) in [4.78, 5) is 0. The van der Waals surface area contributed by atoms with Crippen molar-refractivity contribution in [3.8, 4) is 5.75 Å². The van der Waals surface area contributed by atoms with Crippen molar-refractivity contribution in [2.24, 2.45) is 5.73 Å². The summed E-state index contributed by atoms with van der Waals surface area (Å²) < 4.78 is 18.2. The molecule has 2 nitrogen and oxygen atoms in total. The van der Waals surface area contributed by atoms with Crippen LogP contribution in [0.4, 0.5) is 4.39 Å². The maximum atomic E-state index is 13.1. The minimum Gasteiger partial charge on any atom is -0.497 e. The molecule has 1 atom stereocenters. The highest BCUT2D eigenvalue weighted by Gasteiger charge is 2.06. The van der Waals surface area contributed by atoms with Crippen molar-refractivity contribution < 1.29 is 9.13 Å². The number of nitrogens with two attached hydrogens (primary N) is 1. The van der Waals surface area contributed by atoms with Crippen molar-refractivity contribution in [3.63, 3.8) is 0 Å². The maximum absolute atomic E-state index is 13.1. The second-order valence-corrected chi connectivity index (χ2v) is 4.98. The molecule has 0 radical (unpaired) electrons. The molecule has 0 amide bonds. The standard InChI is InChI=1S/C17H20FNO/c1-20-17-9-6-13(7-10-17)5-8-16(19)12-14-3-2-4-15(18)11-14/h2-4,6-7,9-11,16H,5,8,12,19H2,1H3. The predicted molar refractivity (Wildman–Crippen MR) is 79.4 cm³/mol. The first kappa shape index (κ1) is 14.5. The van der Waals surface area contributed by atoms with Crippen LogP contribution in [0.25, 0.3) is 0 Å². The number of methoxy groups -OCH3 is 1. The highest BCUT2D eigenvalue weighted by Crippen LogP contribution is 2.14. The van der Waals surface area contributed by atoms with E-state index in [2.05, 4.69) is 0 Å². The molecule has 1 unspecified atom stereocenters. The Morgan fingerprint density at radius 2 is 1.85 bits per heavy atom. The predicted octanol–water partition coefficient (Wildman–Crippen LogP) is 3.34. The van der Waals surface area contributed by atoms with E-state index >= 15 is 0 Å². The lowest BCUT2D eigenvalue weighted by molar-refractivity contribution is 0.414. The van der Waals surface area contributed by atoms with Gasteiger partial charge in [0.15, 0.2) is 0 Å². The largest absolute Gasteiger partial charge is 0.497 e. The summed E-state index contributed by atoms with van der Waals surface area (Å²) in [6.07, 6.45) is 2.50. The van der Waals surface area contributed by atoms with E-state index in [9.17, 15) is 4.39 Å². The Bertz CT molecular complexity index is 539. The normalized spacial score (nSPS) is 12.2. The summed E-state index contributed by atoms with van der Waals surface area (Å²) in [7, 11) is 1.66. The lowest BCUT2D eigenvalue weighted by atomic mass is 10.00. The van der Waals surface area contributed by atoms with Gasteiger partial charge >= 0.3 is 0 Å². The van der Waals surface area contributed by atoms with Gasteiger partial charge in [-0.3, -0.25) is 0 Å². The molecule has 0 bridgehead atoms. The molecule has 0 spiro atoms. The van der Waals surface area contributed by atoms with Crippen molar-refractivity contribution in [1.82, 2.24) is 0 Å². The Balaban J connectivity index is 1.83. The molecule has 0 saturated heterocycles. The van der Waals surface area contributed by atoms with Gasteiger partial charge in [-0.1, -0.05) is 24.3 Å². The molecule has 2 aromatic carbocycles. The van der Waals surface area contributed by atoms with Gasteiger partial charge in [0.05, 0.1) is 7.11 Å². The van der Waals surface area contributed by atoms with Crippen molar-refractivity contribution in [3.05, 3.63) is 65.5 Å². The number of ether oxygens (including phenoxy) is 1. The lowest BCUT2D eigenvalue weighted by Crippen LogP contribution is -2.23. The van der Waals surface area contributed by atoms with Crippen LogP contribution in [0.2, 0.25) is 0 Å². The zero-order chi connectivity index (χ0) is 14.4. The van der Waals surface area contributed by atoms with Crippen molar-refractivity contribution in [1.29, 1.82) is 0 Å². The van der Waals surface area contributed by atoms with E-state index in [1.165, 1.54) is 11.6 Å². The zero-order valence-corrected chi connectivity index (χ0v) is 11.7. The third-order valence-corrected chi connectivity index (χ3v) is 3.35. The molecule has 20 heavy (non-hydrogen) atoms. The first-order valence-electron chi connectivity index (χ1n) is 6.80. The van der Waals surface area contributed by atoms with Gasteiger partial charge in [0.2, 0.25) is 0 Å². The number of aryl methyl sites for hydroxylation is 1. The Morgan fingerprint density at radius 1 is 1.10 bits per heavy atom. The van der Waals surface area contributed by atoms with Gasteiger partial charge in [0.25, 0.3) is 0 Å². The van der Waals surface area contributed by atoms with Crippen LogP contribution in [0.1, 0.15) is 17.5 Å². The van der Waals surface area contributed by atoms with Gasteiger partial charge in [-0.05, 0) is 54.7 Å². The summed E-state index contributed by atoms with van der Waals surface area (Å²) in [6, 6.07) is 14.7. The Labute approximate surface area is 119 Å². The zero-order valence-electron chi connectivity index (χ0n) is 11.7. The fourth-order valence-electron chi connectivity index (χ4n) is 2.21.